The lowest BCUT2D eigenvalue weighted by molar-refractivity contribution is -0.129. The molecule has 3 amide bonds. The van der Waals surface area contributed by atoms with Crippen molar-refractivity contribution >= 4 is 11.9 Å². The van der Waals surface area contributed by atoms with E-state index in [0.717, 1.165) is 25.8 Å². The molecule has 0 aromatic heterocycles. The van der Waals surface area contributed by atoms with Crippen LogP contribution in [-0.4, -0.2) is 40.9 Å². The van der Waals surface area contributed by atoms with Crippen molar-refractivity contribution in [3.8, 4) is 0 Å². The van der Waals surface area contributed by atoms with E-state index in [0.29, 0.717) is 18.4 Å². The van der Waals surface area contributed by atoms with Crippen LogP contribution in [0.2, 0.25) is 0 Å². The van der Waals surface area contributed by atoms with Gasteiger partial charge in [-0.1, -0.05) is 19.8 Å². The summed E-state index contributed by atoms with van der Waals surface area (Å²) in [5.74, 6) is 1.14. The van der Waals surface area contributed by atoms with Crippen LogP contribution in [-0.2, 0) is 4.79 Å². The van der Waals surface area contributed by atoms with Gasteiger partial charge in [0.2, 0.25) is 0 Å². The lowest BCUT2D eigenvalue weighted by Crippen LogP contribution is -2.35. The Kier molecular flexibility index (Phi) is 2.60. The third kappa shape index (κ3) is 1.49. The summed E-state index contributed by atoms with van der Waals surface area (Å²) in [6.07, 6.45) is 5.51. The van der Waals surface area contributed by atoms with Crippen molar-refractivity contribution in [2.75, 3.05) is 13.1 Å². The number of carbonyl (C=O) groups excluding carboxylic acids is 2. The maximum absolute atomic E-state index is 12.3. The number of urea groups is 1. The molecule has 3 aliphatic rings. The largest absolute Gasteiger partial charge is 0.327 e. The Bertz CT molecular complexity index is 355. The molecule has 0 radical (unpaired) electrons. The Labute approximate surface area is 102 Å². The molecule has 0 spiro atoms. The highest BCUT2D eigenvalue weighted by atomic mass is 16.2. The summed E-state index contributed by atoms with van der Waals surface area (Å²) in [7, 11) is 0. The Morgan fingerprint density at radius 3 is 2.88 bits per heavy atom. The number of amides is 3. The molecule has 0 bridgehead atoms. The van der Waals surface area contributed by atoms with Crippen LogP contribution in [0.15, 0.2) is 0 Å². The molecule has 2 aliphatic heterocycles. The van der Waals surface area contributed by atoms with Crippen molar-refractivity contribution in [1.82, 2.24) is 9.80 Å². The van der Waals surface area contributed by atoms with Gasteiger partial charge < -0.3 is 4.90 Å². The lowest BCUT2D eigenvalue weighted by Gasteiger charge is -2.17. The highest BCUT2D eigenvalue weighted by Crippen LogP contribution is 2.45. The second kappa shape index (κ2) is 4.00. The fraction of sp³-hybridized carbons (Fsp3) is 0.846. The SMILES string of the molecule is CCCCN1C(=O)C2C3CCCC3CN2C1=O. The molecule has 3 rings (SSSR count). The van der Waals surface area contributed by atoms with E-state index in [4.69, 9.17) is 0 Å². The Balaban J connectivity index is 1.78. The van der Waals surface area contributed by atoms with Gasteiger partial charge in [-0.2, -0.15) is 0 Å². The molecule has 3 unspecified atom stereocenters. The van der Waals surface area contributed by atoms with Gasteiger partial charge in [0.25, 0.3) is 5.91 Å². The van der Waals surface area contributed by atoms with Gasteiger partial charge in [-0.3, -0.25) is 9.69 Å². The normalized spacial score (nSPS) is 35.7. The Morgan fingerprint density at radius 2 is 2.12 bits per heavy atom. The highest BCUT2D eigenvalue weighted by molar-refractivity contribution is 6.04. The monoisotopic (exact) mass is 236 g/mol. The first-order valence-electron chi connectivity index (χ1n) is 6.86. The van der Waals surface area contributed by atoms with E-state index >= 15 is 0 Å². The number of hydrogen-bond donors (Lipinski definition) is 0. The predicted molar refractivity (Wildman–Crippen MR) is 63.3 cm³/mol. The van der Waals surface area contributed by atoms with E-state index in [2.05, 4.69) is 6.92 Å². The number of unbranched alkanes of at least 4 members (excludes halogenated alkanes) is 1. The number of carbonyl (C=O) groups is 2. The second-order valence-corrected chi connectivity index (χ2v) is 5.58. The van der Waals surface area contributed by atoms with Crippen LogP contribution < -0.4 is 0 Å². The first-order valence-corrected chi connectivity index (χ1v) is 6.86. The topological polar surface area (TPSA) is 40.6 Å². The summed E-state index contributed by atoms with van der Waals surface area (Å²) in [4.78, 5) is 27.8. The van der Waals surface area contributed by atoms with Crippen molar-refractivity contribution in [2.45, 2.75) is 45.1 Å². The Hall–Kier alpha value is -1.06. The zero-order chi connectivity index (χ0) is 12.0. The molecule has 4 nitrogen and oxygen atoms in total. The molecule has 94 valence electrons. The summed E-state index contributed by atoms with van der Waals surface area (Å²) in [6.45, 7) is 3.51. The molecule has 4 heteroatoms. The van der Waals surface area contributed by atoms with Crippen LogP contribution in [0.5, 0.6) is 0 Å². The van der Waals surface area contributed by atoms with Crippen molar-refractivity contribution in [3.63, 3.8) is 0 Å². The third-order valence-corrected chi connectivity index (χ3v) is 4.62. The number of fused-ring (bicyclic) bond motifs is 3. The van der Waals surface area contributed by atoms with E-state index in [1.807, 2.05) is 4.90 Å². The van der Waals surface area contributed by atoms with Gasteiger partial charge in [0, 0.05) is 13.1 Å². The van der Waals surface area contributed by atoms with Crippen LogP contribution in [0.25, 0.3) is 0 Å². The van der Waals surface area contributed by atoms with Gasteiger partial charge in [-0.15, -0.1) is 0 Å². The molecule has 0 N–H and O–H groups in total. The van der Waals surface area contributed by atoms with E-state index in [-0.39, 0.29) is 18.0 Å². The van der Waals surface area contributed by atoms with Crippen LogP contribution in [0.4, 0.5) is 4.79 Å². The Morgan fingerprint density at radius 1 is 1.29 bits per heavy atom. The molecule has 3 fully saturated rings. The minimum absolute atomic E-state index is 0.0251. The highest BCUT2D eigenvalue weighted by Gasteiger charge is 2.56. The maximum Gasteiger partial charge on any atom is 0.327 e. The molecule has 1 saturated carbocycles. The van der Waals surface area contributed by atoms with Crippen LogP contribution in [0.1, 0.15) is 39.0 Å². The minimum atomic E-state index is -0.105. The number of nitrogens with zero attached hydrogens (tertiary/aromatic N) is 2. The molecule has 2 saturated heterocycles. The maximum atomic E-state index is 12.3. The summed E-state index contributed by atoms with van der Waals surface area (Å²) in [6, 6.07) is -0.130. The summed E-state index contributed by atoms with van der Waals surface area (Å²) >= 11 is 0. The zero-order valence-electron chi connectivity index (χ0n) is 10.4. The zero-order valence-corrected chi connectivity index (χ0v) is 10.4. The van der Waals surface area contributed by atoms with Gasteiger partial charge in [-0.05, 0) is 31.1 Å². The van der Waals surface area contributed by atoms with E-state index < -0.39 is 0 Å². The van der Waals surface area contributed by atoms with Gasteiger partial charge >= 0.3 is 6.03 Å². The molecule has 3 atom stereocenters. The summed E-state index contributed by atoms with van der Waals surface area (Å²) < 4.78 is 0. The van der Waals surface area contributed by atoms with Crippen molar-refractivity contribution in [1.29, 1.82) is 0 Å². The number of rotatable bonds is 3. The van der Waals surface area contributed by atoms with Gasteiger partial charge in [0.1, 0.15) is 6.04 Å². The minimum Gasteiger partial charge on any atom is -0.312 e. The van der Waals surface area contributed by atoms with Crippen molar-refractivity contribution in [3.05, 3.63) is 0 Å². The average molecular weight is 236 g/mol. The first kappa shape index (κ1) is 11.1. The van der Waals surface area contributed by atoms with Crippen LogP contribution in [0.3, 0.4) is 0 Å². The summed E-state index contributed by atoms with van der Waals surface area (Å²) in [5.41, 5.74) is 0. The van der Waals surface area contributed by atoms with E-state index in [1.165, 1.54) is 17.7 Å². The van der Waals surface area contributed by atoms with Gasteiger partial charge in [0.05, 0.1) is 0 Å². The standard InChI is InChI=1S/C13H20N2O2/c1-2-3-7-14-12(16)11-10-6-4-5-9(10)8-15(11)13(14)17/h9-11H,2-8H2,1H3. The number of hydrogen-bond acceptors (Lipinski definition) is 2. The number of imide groups is 1. The quantitative estimate of drug-likeness (QED) is 0.702. The average Bonchev–Trinajstić information content (AvgIpc) is 2.92. The van der Waals surface area contributed by atoms with Gasteiger partial charge in [0.15, 0.2) is 0 Å². The fourth-order valence-corrected chi connectivity index (χ4v) is 3.75. The van der Waals surface area contributed by atoms with E-state index in [1.54, 1.807) is 0 Å². The first-order chi connectivity index (χ1) is 8.24. The smallest absolute Gasteiger partial charge is 0.312 e. The predicted octanol–water partition coefficient (Wildman–Crippen LogP) is 1.85. The second-order valence-electron chi connectivity index (χ2n) is 5.58. The molecule has 0 aromatic rings. The lowest BCUT2D eigenvalue weighted by atomic mass is 9.93. The fourth-order valence-electron chi connectivity index (χ4n) is 3.75. The van der Waals surface area contributed by atoms with Crippen molar-refractivity contribution in [2.24, 2.45) is 11.8 Å². The molecular weight excluding hydrogens is 216 g/mol. The molecule has 0 aromatic carbocycles. The summed E-state index contributed by atoms with van der Waals surface area (Å²) in [5, 5.41) is 0. The van der Waals surface area contributed by atoms with E-state index in [9.17, 15) is 9.59 Å². The molecule has 1 aliphatic carbocycles. The molecule has 17 heavy (non-hydrogen) atoms. The molecule has 2 heterocycles. The molecular formula is C13H20N2O2. The van der Waals surface area contributed by atoms with Crippen LogP contribution in [0, 0.1) is 11.8 Å². The van der Waals surface area contributed by atoms with Gasteiger partial charge in [-0.25, -0.2) is 4.79 Å². The van der Waals surface area contributed by atoms with Crippen LogP contribution >= 0.6 is 0 Å². The van der Waals surface area contributed by atoms with Crippen molar-refractivity contribution < 1.29 is 9.59 Å². The third-order valence-electron chi connectivity index (χ3n) is 4.62.